The molecule has 0 fully saturated rings. The minimum Gasteiger partial charge on any atom is -0.461 e. The molecular weight excluding hydrogens is 270 g/mol. The molecule has 0 aliphatic carbocycles. The average Bonchev–Trinajstić information content (AvgIpc) is 2.66. The van der Waals surface area contributed by atoms with Crippen LogP contribution in [0.2, 0.25) is 0 Å². The zero-order chi connectivity index (χ0) is 16.2. The molecule has 0 aliphatic heterocycles. The van der Waals surface area contributed by atoms with Gasteiger partial charge in [-0.3, -0.25) is 4.79 Å². The Balaban J connectivity index is 3.21. The van der Waals surface area contributed by atoms with Crippen molar-refractivity contribution in [2.75, 3.05) is 20.2 Å². The Morgan fingerprint density at radius 3 is 2.52 bits per heavy atom. The van der Waals surface area contributed by atoms with Crippen molar-refractivity contribution in [2.45, 2.75) is 27.2 Å². The van der Waals surface area contributed by atoms with Gasteiger partial charge in [0.2, 0.25) is 0 Å². The lowest BCUT2D eigenvalue weighted by molar-refractivity contribution is 0.0514. The van der Waals surface area contributed by atoms with Crippen molar-refractivity contribution >= 4 is 11.9 Å². The Morgan fingerprint density at radius 2 is 2.00 bits per heavy atom. The van der Waals surface area contributed by atoms with E-state index in [1.165, 1.54) is 4.90 Å². The number of aromatic nitrogens is 1. The van der Waals surface area contributed by atoms with Gasteiger partial charge in [-0.1, -0.05) is 0 Å². The molecule has 21 heavy (non-hydrogen) atoms. The second-order valence-corrected chi connectivity index (χ2v) is 4.85. The van der Waals surface area contributed by atoms with Crippen molar-refractivity contribution in [3.8, 4) is 6.07 Å². The number of carbonyl (C=O) groups excluding carboxylic acids is 2. The molecule has 0 spiro atoms. The SMILES string of the molecule is CCOC(=O)c1c(C)c(C(=O)N(C)CCC#N)c(C)n1C. The maximum atomic E-state index is 12.5. The molecule has 0 aliphatic rings. The van der Waals surface area contributed by atoms with Gasteiger partial charge in [-0.15, -0.1) is 0 Å². The summed E-state index contributed by atoms with van der Waals surface area (Å²) < 4.78 is 6.71. The fourth-order valence-electron chi connectivity index (χ4n) is 2.29. The molecule has 0 N–H and O–H groups in total. The molecule has 0 unspecified atom stereocenters. The molecule has 6 heteroatoms. The quantitative estimate of drug-likeness (QED) is 0.775. The summed E-state index contributed by atoms with van der Waals surface area (Å²) in [5, 5.41) is 8.60. The fourth-order valence-corrected chi connectivity index (χ4v) is 2.29. The summed E-state index contributed by atoms with van der Waals surface area (Å²) in [6, 6.07) is 2.01. The normalized spacial score (nSPS) is 10.1. The van der Waals surface area contributed by atoms with Crippen molar-refractivity contribution in [3.05, 3.63) is 22.5 Å². The first-order valence-electron chi connectivity index (χ1n) is 6.82. The van der Waals surface area contributed by atoms with Crippen LogP contribution in [0.3, 0.4) is 0 Å². The molecule has 1 aromatic rings. The maximum Gasteiger partial charge on any atom is 0.355 e. The summed E-state index contributed by atoms with van der Waals surface area (Å²) in [6.45, 7) is 5.92. The summed E-state index contributed by atoms with van der Waals surface area (Å²) in [5.74, 6) is -0.620. The third-order valence-electron chi connectivity index (χ3n) is 3.52. The van der Waals surface area contributed by atoms with Crippen molar-refractivity contribution in [3.63, 3.8) is 0 Å². The highest BCUT2D eigenvalue weighted by Crippen LogP contribution is 2.23. The van der Waals surface area contributed by atoms with Gasteiger partial charge in [0.25, 0.3) is 5.91 Å². The number of amides is 1. The second-order valence-electron chi connectivity index (χ2n) is 4.85. The van der Waals surface area contributed by atoms with Crippen LogP contribution < -0.4 is 0 Å². The molecule has 1 rings (SSSR count). The summed E-state index contributed by atoms with van der Waals surface area (Å²) in [7, 11) is 3.39. The summed E-state index contributed by atoms with van der Waals surface area (Å²) in [4.78, 5) is 26.0. The lowest BCUT2D eigenvalue weighted by Crippen LogP contribution is -2.28. The van der Waals surface area contributed by atoms with Gasteiger partial charge in [-0.05, 0) is 26.3 Å². The minimum atomic E-state index is -0.431. The van der Waals surface area contributed by atoms with E-state index in [9.17, 15) is 9.59 Å². The smallest absolute Gasteiger partial charge is 0.355 e. The topological polar surface area (TPSA) is 75.3 Å². The number of ether oxygens (including phenoxy) is 1. The molecule has 114 valence electrons. The molecule has 0 atom stereocenters. The Bertz CT molecular complexity index is 596. The van der Waals surface area contributed by atoms with Crippen LogP contribution >= 0.6 is 0 Å². The lowest BCUT2D eigenvalue weighted by Gasteiger charge is -2.16. The lowest BCUT2D eigenvalue weighted by atomic mass is 10.1. The summed E-state index contributed by atoms with van der Waals surface area (Å²) in [5.41, 5.74) is 2.22. The molecule has 6 nitrogen and oxygen atoms in total. The minimum absolute atomic E-state index is 0.189. The zero-order valence-electron chi connectivity index (χ0n) is 13.2. The molecule has 0 aromatic carbocycles. The Morgan fingerprint density at radius 1 is 1.38 bits per heavy atom. The molecule has 0 saturated carbocycles. The second kappa shape index (κ2) is 6.93. The first-order valence-corrected chi connectivity index (χ1v) is 6.82. The van der Waals surface area contributed by atoms with Crippen LogP contribution in [0, 0.1) is 25.2 Å². The van der Waals surface area contributed by atoms with E-state index in [0.29, 0.717) is 29.1 Å². The molecule has 0 saturated heterocycles. The monoisotopic (exact) mass is 291 g/mol. The maximum absolute atomic E-state index is 12.5. The van der Waals surface area contributed by atoms with E-state index >= 15 is 0 Å². The summed E-state index contributed by atoms with van der Waals surface area (Å²) >= 11 is 0. The van der Waals surface area contributed by atoms with Crippen molar-refractivity contribution < 1.29 is 14.3 Å². The zero-order valence-corrected chi connectivity index (χ0v) is 13.2. The molecule has 0 bridgehead atoms. The van der Waals surface area contributed by atoms with Crippen LogP contribution in [0.5, 0.6) is 0 Å². The predicted octanol–water partition coefficient (Wildman–Crippen LogP) is 1.80. The predicted molar refractivity (Wildman–Crippen MR) is 78.0 cm³/mol. The van der Waals surface area contributed by atoms with E-state index in [4.69, 9.17) is 10.00 Å². The Hall–Kier alpha value is -2.29. The molecular formula is C15H21N3O3. The number of hydrogen-bond acceptors (Lipinski definition) is 4. The highest BCUT2D eigenvalue weighted by atomic mass is 16.5. The molecule has 1 amide bonds. The number of nitriles is 1. The third kappa shape index (κ3) is 3.24. The van der Waals surface area contributed by atoms with Gasteiger partial charge in [0, 0.05) is 26.3 Å². The fraction of sp³-hybridized carbons (Fsp3) is 0.533. The van der Waals surface area contributed by atoms with Crippen molar-refractivity contribution in [1.29, 1.82) is 5.26 Å². The standard InChI is InChI=1S/C15H21N3O3/c1-6-21-15(20)13-10(2)12(11(3)18(13)5)14(19)17(4)9-7-8-16/h6-7,9H2,1-5H3. The van der Waals surface area contributed by atoms with E-state index in [1.807, 2.05) is 6.07 Å². The first-order chi connectivity index (χ1) is 9.86. The largest absolute Gasteiger partial charge is 0.461 e. The van der Waals surface area contributed by atoms with E-state index < -0.39 is 5.97 Å². The Labute approximate surface area is 124 Å². The van der Waals surface area contributed by atoms with Crippen molar-refractivity contribution in [2.24, 2.45) is 7.05 Å². The molecule has 1 aromatic heterocycles. The van der Waals surface area contributed by atoms with Crippen LogP contribution in [-0.2, 0) is 11.8 Å². The Kier molecular flexibility index (Phi) is 5.53. The van der Waals surface area contributed by atoms with E-state index in [-0.39, 0.29) is 18.9 Å². The number of rotatable bonds is 5. The average molecular weight is 291 g/mol. The number of nitrogens with zero attached hydrogens (tertiary/aromatic N) is 3. The van der Waals surface area contributed by atoms with E-state index in [2.05, 4.69) is 0 Å². The van der Waals surface area contributed by atoms with Gasteiger partial charge in [0.15, 0.2) is 0 Å². The van der Waals surface area contributed by atoms with Crippen LogP contribution in [0.25, 0.3) is 0 Å². The first kappa shape index (κ1) is 16.8. The number of esters is 1. The van der Waals surface area contributed by atoms with Gasteiger partial charge in [-0.2, -0.15) is 5.26 Å². The van der Waals surface area contributed by atoms with Crippen LogP contribution in [0.1, 0.15) is 45.4 Å². The third-order valence-corrected chi connectivity index (χ3v) is 3.52. The van der Waals surface area contributed by atoms with Gasteiger partial charge < -0.3 is 14.2 Å². The van der Waals surface area contributed by atoms with E-state index in [0.717, 1.165) is 0 Å². The molecule has 0 radical (unpaired) electrons. The number of carbonyl (C=O) groups is 2. The van der Waals surface area contributed by atoms with Gasteiger partial charge >= 0.3 is 5.97 Å². The van der Waals surface area contributed by atoms with Crippen LogP contribution in [0.4, 0.5) is 0 Å². The molecule has 1 heterocycles. The van der Waals surface area contributed by atoms with Gasteiger partial charge in [0.1, 0.15) is 5.69 Å². The summed E-state index contributed by atoms with van der Waals surface area (Å²) in [6.07, 6.45) is 0.276. The van der Waals surface area contributed by atoms with Crippen LogP contribution in [-0.4, -0.2) is 41.5 Å². The van der Waals surface area contributed by atoms with Gasteiger partial charge in [0.05, 0.1) is 24.7 Å². The highest BCUT2D eigenvalue weighted by molar-refractivity contribution is 6.01. The van der Waals surface area contributed by atoms with Crippen molar-refractivity contribution in [1.82, 2.24) is 9.47 Å². The number of hydrogen-bond donors (Lipinski definition) is 0. The van der Waals surface area contributed by atoms with E-state index in [1.54, 1.807) is 39.4 Å². The van der Waals surface area contributed by atoms with Gasteiger partial charge in [-0.25, -0.2) is 4.79 Å². The van der Waals surface area contributed by atoms with Crippen LogP contribution in [0.15, 0.2) is 0 Å². The highest BCUT2D eigenvalue weighted by Gasteiger charge is 2.27.